The van der Waals surface area contributed by atoms with Crippen molar-refractivity contribution in [2.24, 2.45) is 20.5 Å². The fourth-order valence-electron chi connectivity index (χ4n) is 6.00. The Morgan fingerprint density at radius 2 is 0.924 bits per heavy atom. The molecule has 4 N–H and O–H groups in total. The number of carbonyl (C=O) groups is 6. The van der Waals surface area contributed by atoms with Gasteiger partial charge in [0.15, 0.2) is 11.6 Å². The zero-order valence-electron chi connectivity index (χ0n) is 35.4. The number of ketones is 2. The molecule has 0 aliphatic rings. The number of benzene rings is 5. The molecule has 4 amide bonds. The molecule has 0 heterocycles. The Labute approximate surface area is 403 Å². The summed E-state index contributed by atoms with van der Waals surface area (Å²) in [7, 11) is 2.96. The molecule has 0 bridgehead atoms. The van der Waals surface area contributed by atoms with E-state index in [9.17, 15) is 28.8 Å². The van der Waals surface area contributed by atoms with E-state index in [2.05, 4.69) is 41.7 Å². The normalized spacial score (nSPS) is 12.0. The van der Waals surface area contributed by atoms with Gasteiger partial charge in [-0.15, -0.1) is 34.8 Å². The van der Waals surface area contributed by atoms with Gasteiger partial charge in [0.25, 0.3) is 23.6 Å². The highest BCUT2D eigenvalue weighted by atomic mass is 35.5. The smallest absolute Gasteiger partial charge is 0.258 e. The van der Waals surface area contributed by atoms with Gasteiger partial charge in [0, 0.05) is 73.1 Å². The van der Waals surface area contributed by atoms with E-state index >= 15 is 0 Å². The Morgan fingerprint density at radius 3 is 1.33 bits per heavy atom. The molecule has 21 heteroatoms. The average Bonchev–Trinajstić information content (AvgIpc) is 3.28. The van der Waals surface area contributed by atoms with E-state index in [0.717, 1.165) is 25.0 Å². The number of anilines is 4. The maximum atomic E-state index is 13.4. The lowest BCUT2D eigenvalue weighted by Crippen LogP contribution is -2.32. The Kier molecular flexibility index (Phi) is 18.1. The molecule has 0 radical (unpaired) electrons. The third kappa shape index (κ3) is 13.6. The van der Waals surface area contributed by atoms with Gasteiger partial charge in [-0.2, -0.15) is 20.5 Å². The molecule has 66 heavy (non-hydrogen) atoms. The van der Waals surface area contributed by atoms with Gasteiger partial charge in [0.1, 0.15) is 11.5 Å². The SMILES string of the molecule is COc1cc(NC(=O)c2cc(Cl)cc(N=NC(C(C)=O)C(=O)Nc3ccc(NC(=O)C(N=Nc4cc(Cl)cc(C(=O)Nc5ccc(CCl)c(OC)c5)c4)C(C)=O)c(CCl)c3)c2)ccc1CCl. The predicted molar refractivity (Wildman–Crippen MR) is 255 cm³/mol. The topological polar surface area (TPSA) is 218 Å². The molecule has 0 aliphatic carbocycles. The Balaban J connectivity index is 1.25. The summed E-state index contributed by atoms with van der Waals surface area (Å²) in [5, 5.41) is 26.9. The monoisotopic (exact) mass is 994 g/mol. The largest absolute Gasteiger partial charge is 0.496 e. The van der Waals surface area contributed by atoms with Crippen molar-refractivity contribution in [1.29, 1.82) is 0 Å². The molecule has 2 atom stereocenters. The lowest BCUT2D eigenvalue weighted by molar-refractivity contribution is -0.127. The molecule has 0 saturated carbocycles. The first-order valence-corrected chi connectivity index (χ1v) is 21.7. The number of amides is 4. The van der Waals surface area contributed by atoms with Crippen molar-refractivity contribution in [2.75, 3.05) is 35.5 Å². The third-order valence-corrected chi connectivity index (χ3v) is 10.6. The summed E-state index contributed by atoms with van der Waals surface area (Å²) in [6.07, 6.45) is 0. The molecule has 0 aliphatic heterocycles. The van der Waals surface area contributed by atoms with E-state index in [1.54, 1.807) is 36.4 Å². The molecule has 0 fully saturated rings. The van der Waals surface area contributed by atoms with Gasteiger partial charge >= 0.3 is 0 Å². The van der Waals surface area contributed by atoms with E-state index in [1.807, 2.05) is 0 Å². The summed E-state index contributed by atoms with van der Waals surface area (Å²) in [6, 6.07) is 19.4. The van der Waals surface area contributed by atoms with E-state index in [1.165, 1.54) is 68.8 Å². The summed E-state index contributed by atoms with van der Waals surface area (Å²) in [5.41, 5.74) is 3.41. The van der Waals surface area contributed by atoms with Crippen molar-refractivity contribution >= 4 is 127 Å². The minimum Gasteiger partial charge on any atom is -0.496 e. The number of azo groups is 2. The molecule has 0 spiro atoms. The van der Waals surface area contributed by atoms with E-state index < -0.39 is 47.3 Å². The number of Topliss-reactive ketones (excluding diaryl/α,β-unsaturated/α-hetero) is 2. The van der Waals surface area contributed by atoms with Crippen LogP contribution in [0.4, 0.5) is 34.1 Å². The lowest BCUT2D eigenvalue weighted by atomic mass is 10.1. The summed E-state index contributed by atoms with van der Waals surface area (Å²) >= 11 is 30.7. The van der Waals surface area contributed by atoms with Gasteiger partial charge in [-0.1, -0.05) is 35.3 Å². The third-order valence-electron chi connectivity index (χ3n) is 9.29. The summed E-state index contributed by atoms with van der Waals surface area (Å²) in [4.78, 5) is 78.2. The van der Waals surface area contributed by atoms with Crippen LogP contribution in [-0.4, -0.2) is 61.5 Å². The Bertz CT molecular complexity index is 2750. The molecule has 0 aromatic heterocycles. The highest BCUT2D eigenvalue weighted by Gasteiger charge is 2.26. The number of nitrogens with one attached hydrogen (secondary N) is 4. The minimum absolute atomic E-state index is 0.0824. The predicted octanol–water partition coefficient (Wildman–Crippen LogP) is 11.1. The van der Waals surface area contributed by atoms with E-state index in [4.69, 9.17) is 67.5 Å². The van der Waals surface area contributed by atoms with Crippen LogP contribution in [0.3, 0.4) is 0 Å². The molecule has 0 saturated heterocycles. The maximum Gasteiger partial charge on any atom is 0.258 e. The second-order valence-corrected chi connectivity index (χ2v) is 15.7. The average molecular weight is 997 g/mol. The van der Waals surface area contributed by atoms with Crippen LogP contribution >= 0.6 is 58.0 Å². The highest BCUT2D eigenvalue weighted by molar-refractivity contribution is 6.32. The maximum absolute atomic E-state index is 13.4. The summed E-state index contributed by atoms with van der Waals surface area (Å²) < 4.78 is 10.7. The number of rotatable bonds is 19. The van der Waals surface area contributed by atoms with Crippen LogP contribution in [0, 0.1) is 0 Å². The van der Waals surface area contributed by atoms with E-state index in [-0.39, 0.29) is 61.6 Å². The molecule has 342 valence electrons. The van der Waals surface area contributed by atoms with Crippen LogP contribution in [0.5, 0.6) is 11.5 Å². The van der Waals surface area contributed by atoms with Crippen LogP contribution in [0.2, 0.25) is 10.0 Å². The van der Waals surface area contributed by atoms with Crippen molar-refractivity contribution in [2.45, 2.75) is 43.6 Å². The fraction of sp³-hybridized carbons (Fsp3) is 0.200. The van der Waals surface area contributed by atoms with Crippen LogP contribution < -0.4 is 30.7 Å². The molecule has 16 nitrogen and oxygen atoms in total. The molecule has 5 aromatic rings. The fourth-order valence-corrected chi connectivity index (χ4v) is 7.12. The van der Waals surface area contributed by atoms with Crippen molar-refractivity contribution in [3.8, 4) is 11.5 Å². The number of halogens is 5. The molecule has 5 rings (SSSR count). The number of alkyl halides is 3. The van der Waals surface area contributed by atoms with E-state index in [0.29, 0.717) is 28.4 Å². The van der Waals surface area contributed by atoms with Crippen molar-refractivity contribution in [1.82, 2.24) is 0 Å². The van der Waals surface area contributed by atoms with Gasteiger partial charge < -0.3 is 30.7 Å². The highest BCUT2D eigenvalue weighted by Crippen LogP contribution is 2.30. The molecular formula is C45H39Cl5N8O8. The van der Waals surface area contributed by atoms with Gasteiger partial charge in [-0.05, 0) is 86.1 Å². The van der Waals surface area contributed by atoms with Gasteiger partial charge in [0.2, 0.25) is 12.1 Å². The first kappa shape index (κ1) is 50.6. The second-order valence-electron chi connectivity index (χ2n) is 14.1. The summed E-state index contributed by atoms with van der Waals surface area (Å²) in [6.45, 7) is 2.30. The van der Waals surface area contributed by atoms with Gasteiger partial charge in [-0.3, -0.25) is 28.8 Å². The van der Waals surface area contributed by atoms with Gasteiger partial charge in [-0.25, -0.2) is 0 Å². The number of nitrogens with zero attached hydrogens (tertiary/aromatic N) is 4. The standard InChI is InChI=1S/C45H39Cl5N8O8/c1-23(59)40(57-55-35-13-27(11-30(49)16-35)42(61)51-33-7-5-25(20-46)38(18-33)65-3)44(63)53-32-9-10-37(29(15-32)22-48)54-45(64)41(24(2)60)58-56-36-14-28(12-31(50)17-36)43(62)52-34-8-6-26(21-47)39(19-34)66-4/h5-19,40-41H,20-22H2,1-4H3,(H,51,61)(H,52,62)(H,53,63)(H,54,64). The number of carbonyl (C=O) groups excluding carboxylic acids is 6. The summed E-state index contributed by atoms with van der Waals surface area (Å²) in [5.74, 6) is -2.83. The van der Waals surface area contributed by atoms with Crippen LogP contribution in [0.1, 0.15) is 51.3 Å². The molecule has 2 unspecified atom stereocenters. The van der Waals surface area contributed by atoms with Crippen LogP contribution in [-0.2, 0) is 36.8 Å². The number of methoxy groups -OCH3 is 2. The molecule has 5 aromatic carbocycles. The quantitative estimate of drug-likeness (QED) is 0.0353. The number of hydrogen-bond donors (Lipinski definition) is 4. The zero-order valence-corrected chi connectivity index (χ0v) is 39.2. The second kappa shape index (κ2) is 23.7. The first-order valence-electron chi connectivity index (χ1n) is 19.4. The van der Waals surface area contributed by atoms with Crippen LogP contribution in [0.25, 0.3) is 0 Å². The number of ether oxygens (including phenoxy) is 2. The van der Waals surface area contributed by atoms with Crippen molar-refractivity contribution < 1.29 is 38.2 Å². The van der Waals surface area contributed by atoms with Gasteiger partial charge in [0.05, 0.1) is 37.4 Å². The lowest BCUT2D eigenvalue weighted by Gasteiger charge is -2.15. The van der Waals surface area contributed by atoms with Crippen molar-refractivity contribution in [3.63, 3.8) is 0 Å². The van der Waals surface area contributed by atoms with Crippen molar-refractivity contribution in [3.05, 3.63) is 129 Å². The Morgan fingerprint density at radius 1 is 0.515 bits per heavy atom. The molecular weight excluding hydrogens is 958 g/mol. The Hall–Kier alpha value is -6.43. The number of hydrogen-bond acceptors (Lipinski definition) is 12. The first-order chi connectivity index (χ1) is 31.5. The minimum atomic E-state index is -1.62. The van der Waals surface area contributed by atoms with Crippen LogP contribution in [0.15, 0.2) is 111 Å². The zero-order chi connectivity index (χ0) is 48.1.